The van der Waals surface area contributed by atoms with E-state index in [2.05, 4.69) is 0 Å². The number of halogens is 1. The molecule has 0 aromatic heterocycles. The van der Waals surface area contributed by atoms with Gasteiger partial charge in [0.05, 0.1) is 6.54 Å². The lowest BCUT2D eigenvalue weighted by Crippen LogP contribution is -2.41. The first-order chi connectivity index (χ1) is 9.53. The molecule has 0 radical (unpaired) electrons. The number of nitrogens with zero attached hydrogens (tertiary/aromatic N) is 2. The van der Waals surface area contributed by atoms with Crippen LogP contribution in [0, 0.1) is 5.82 Å². The average Bonchev–Trinajstić information content (AvgIpc) is 2.41. The van der Waals surface area contributed by atoms with Crippen LogP contribution in [-0.4, -0.2) is 48.9 Å². The summed E-state index contributed by atoms with van der Waals surface area (Å²) < 4.78 is 13.3. The largest absolute Gasteiger partial charge is 0.342 e. The van der Waals surface area contributed by atoms with E-state index < -0.39 is 0 Å². The van der Waals surface area contributed by atoms with Crippen LogP contribution in [0.5, 0.6) is 0 Å². The van der Waals surface area contributed by atoms with Gasteiger partial charge in [-0.3, -0.25) is 9.69 Å². The van der Waals surface area contributed by atoms with Crippen molar-refractivity contribution in [2.75, 3.05) is 33.2 Å². The monoisotopic (exact) mass is 281 g/mol. The molecular formula is C15H24FN3O. The number of benzene rings is 1. The lowest BCUT2D eigenvalue weighted by atomic mass is 10.1. The van der Waals surface area contributed by atoms with Crippen LogP contribution >= 0.6 is 0 Å². The molecule has 2 N–H and O–H groups in total. The van der Waals surface area contributed by atoms with E-state index >= 15 is 0 Å². The minimum absolute atomic E-state index is 0.0624. The fourth-order valence-corrected chi connectivity index (χ4v) is 2.28. The average molecular weight is 281 g/mol. The Kier molecular flexibility index (Phi) is 6.61. The number of hydrogen-bond acceptors (Lipinski definition) is 3. The number of rotatable bonds is 7. The Labute approximate surface area is 120 Å². The third kappa shape index (κ3) is 4.28. The number of hydrogen-bond donors (Lipinski definition) is 1. The molecule has 0 fully saturated rings. The van der Waals surface area contributed by atoms with Crippen LogP contribution in [0.4, 0.5) is 4.39 Å². The molecule has 1 rings (SSSR count). The molecule has 20 heavy (non-hydrogen) atoms. The van der Waals surface area contributed by atoms with Crippen molar-refractivity contribution in [1.82, 2.24) is 9.80 Å². The fourth-order valence-electron chi connectivity index (χ4n) is 2.28. The summed E-state index contributed by atoms with van der Waals surface area (Å²) in [6.45, 7) is 5.90. The van der Waals surface area contributed by atoms with Gasteiger partial charge in [0.25, 0.3) is 0 Å². The highest BCUT2D eigenvalue weighted by Gasteiger charge is 2.20. The molecule has 5 heteroatoms. The minimum atomic E-state index is -0.288. The van der Waals surface area contributed by atoms with E-state index in [4.69, 9.17) is 5.73 Å². The molecule has 1 atom stereocenters. The summed E-state index contributed by atoms with van der Waals surface area (Å²) in [5, 5.41) is 0. The molecule has 0 aliphatic heterocycles. The summed E-state index contributed by atoms with van der Waals surface area (Å²) in [5.41, 5.74) is 6.58. The van der Waals surface area contributed by atoms with Gasteiger partial charge in [0.2, 0.25) is 5.91 Å². The SMILES string of the molecule is CCN(CC)C(=O)CN(C)C(CN)c1cccc(F)c1. The van der Waals surface area contributed by atoms with Gasteiger partial charge >= 0.3 is 0 Å². The zero-order valence-corrected chi connectivity index (χ0v) is 12.5. The van der Waals surface area contributed by atoms with Gasteiger partial charge in [-0.15, -0.1) is 0 Å². The molecule has 0 spiro atoms. The van der Waals surface area contributed by atoms with Gasteiger partial charge in [-0.05, 0) is 38.6 Å². The van der Waals surface area contributed by atoms with E-state index in [0.717, 1.165) is 5.56 Å². The van der Waals surface area contributed by atoms with E-state index in [0.29, 0.717) is 19.6 Å². The Morgan fingerprint density at radius 1 is 1.35 bits per heavy atom. The van der Waals surface area contributed by atoms with Gasteiger partial charge in [0.15, 0.2) is 0 Å². The maximum Gasteiger partial charge on any atom is 0.236 e. The van der Waals surface area contributed by atoms with Crippen molar-refractivity contribution >= 4 is 5.91 Å². The van der Waals surface area contributed by atoms with E-state index in [1.807, 2.05) is 31.9 Å². The molecule has 112 valence electrons. The van der Waals surface area contributed by atoms with Gasteiger partial charge in [0.1, 0.15) is 5.82 Å². The van der Waals surface area contributed by atoms with Gasteiger partial charge in [-0.1, -0.05) is 12.1 Å². The highest BCUT2D eigenvalue weighted by Crippen LogP contribution is 2.19. The molecule has 0 bridgehead atoms. The molecule has 0 saturated carbocycles. The molecule has 1 unspecified atom stereocenters. The zero-order chi connectivity index (χ0) is 15.1. The van der Waals surface area contributed by atoms with Gasteiger partial charge in [-0.25, -0.2) is 4.39 Å². The van der Waals surface area contributed by atoms with Crippen molar-refractivity contribution in [3.05, 3.63) is 35.6 Å². The number of nitrogens with two attached hydrogens (primary N) is 1. The third-order valence-corrected chi connectivity index (χ3v) is 3.49. The van der Waals surface area contributed by atoms with Crippen molar-refractivity contribution in [2.45, 2.75) is 19.9 Å². The third-order valence-electron chi connectivity index (χ3n) is 3.49. The minimum Gasteiger partial charge on any atom is -0.342 e. The maximum atomic E-state index is 13.3. The summed E-state index contributed by atoms with van der Waals surface area (Å²) in [4.78, 5) is 15.7. The quantitative estimate of drug-likeness (QED) is 0.826. The second-order valence-electron chi connectivity index (χ2n) is 4.79. The molecule has 0 saturated heterocycles. The second-order valence-corrected chi connectivity index (χ2v) is 4.79. The van der Waals surface area contributed by atoms with E-state index in [1.54, 1.807) is 11.0 Å². The Morgan fingerprint density at radius 2 is 2.00 bits per heavy atom. The normalized spacial score (nSPS) is 12.5. The van der Waals surface area contributed by atoms with Crippen LogP contribution in [0.1, 0.15) is 25.5 Å². The number of amides is 1. The Balaban J connectivity index is 2.77. The maximum absolute atomic E-state index is 13.3. The van der Waals surface area contributed by atoms with Crippen LogP contribution in [0.2, 0.25) is 0 Å². The Morgan fingerprint density at radius 3 is 2.50 bits per heavy atom. The first-order valence-electron chi connectivity index (χ1n) is 6.97. The summed E-state index contributed by atoms with van der Waals surface area (Å²) >= 11 is 0. The van der Waals surface area contributed by atoms with E-state index in [-0.39, 0.29) is 24.3 Å². The van der Waals surface area contributed by atoms with Crippen molar-refractivity contribution in [3.8, 4) is 0 Å². The Bertz CT molecular complexity index is 435. The summed E-state index contributed by atoms with van der Waals surface area (Å²) in [7, 11) is 1.84. The van der Waals surface area contributed by atoms with Crippen molar-refractivity contribution in [2.24, 2.45) is 5.73 Å². The first-order valence-corrected chi connectivity index (χ1v) is 6.97. The molecule has 1 aromatic rings. The van der Waals surface area contributed by atoms with Gasteiger partial charge in [0, 0.05) is 25.7 Å². The van der Waals surface area contributed by atoms with Crippen LogP contribution in [0.3, 0.4) is 0 Å². The summed E-state index contributed by atoms with van der Waals surface area (Å²) in [5.74, 6) is -0.225. The molecule has 0 heterocycles. The number of carbonyl (C=O) groups excluding carboxylic acids is 1. The smallest absolute Gasteiger partial charge is 0.236 e. The summed E-state index contributed by atoms with van der Waals surface area (Å²) in [6.07, 6.45) is 0. The van der Waals surface area contributed by atoms with Crippen LogP contribution in [-0.2, 0) is 4.79 Å². The topological polar surface area (TPSA) is 49.6 Å². The van der Waals surface area contributed by atoms with Gasteiger partial charge < -0.3 is 10.6 Å². The summed E-state index contributed by atoms with van der Waals surface area (Å²) in [6, 6.07) is 6.20. The van der Waals surface area contributed by atoms with Crippen LogP contribution in [0.25, 0.3) is 0 Å². The molecule has 1 amide bonds. The van der Waals surface area contributed by atoms with Gasteiger partial charge in [-0.2, -0.15) is 0 Å². The predicted octanol–water partition coefficient (Wildman–Crippen LogP) is 1.63. The standard InChI is InChI=1S/C15H24FN3O/c1-4-19(5-2)15(20)11-18(3)14(10-17)12-7-6-8-13(16)9-12/h6-9,14H,4-5,10-11,17H2,1-3H3. The Hall–Kier alpha value is -1.46. The lowest BCUT2D eigenvalue weighted by Gasteiger charge is -2.29. The molecule has 0 aliphatic carbocycles. The lowest BCUT2D eigenvalue weighted by molar-refractivity contribution is -0.132. The highest BCUT2D eigenvalue weighted by molar-refractivity contribution is 5.78. The number of carbonyl (C=O) groups is 1. The highest BCUT2D eigenvalue weighted by atomic mass is 19.1. The molecule has 4 nitrogen and oxygen atoms in total. The number of likely N-dealkylation sites (N-methyl/N-ethyl adjacent to an activating group) is 2. The van der Waals surface area contributed by atoms with Crippen molar-refractivity contribution in [1.29, 1.82) is 0 Å². The fraction of sp³-hybridized carbons (Fsp3) is 0.533. The van der Waals surface area contributed by atoms with Crippen molar-refractivity contribution < 1.29 is 9.18 Å². The molecule has 0 aliphatic rings. The predicted molar refractivity (Wildman–Crippen MR) is 78.8 cm³/mol. The van der Waals surface area contributed by atoms with Crippen molar-refractivity contribution in [3.63, 3.8) is 0 Å². The van der Waals surface area contributed by atoms with E-state index in [9.17, 15) is 9.18 Å². The van der Waals surface area contributed by atoms with Crippen LogP contribution < -0.4 is 5.73 Å². The van der Waals surface area contributed by atoms with Crippen LogP contribution in [0.15, 0.2) is 24.3 Å². The van der Waals surface area contributed by atoms with E-state index in [1.165, 1.54) is 12.1 Å². The molecule has 1 aromatic carbocycles. The zero-order valence-electron chi connectivity index (χ0n) is 12.5. The first kappa shape index (κ1) is 16.6. The second kappa shape index (κ2) is 7.97. The molecular weight excluding hydrogens is 257 g/mol.